The van der Waals surface area contributed by atoms with Gasteiger partial charge in [-0.3, -0.25) is 9.47 Å². The van der Waals surface area contributed by atoms with Gasteiger partial charge in [0.05, 0.1) is 50.1 Å². The molecule has 1 aliphatic carbocycles. The van der Waals surface area contributed by atoms with E-state index in [-0.39, 0.29) is 5.82 Å². The molecule has 1 N–H and O–H groups in total. The van der Waals surface area contributed by atoms with Crippen molar-refractivity contribution in [3.63, 3.8) is 0 Å². The van der Waals surface area contributed by atoms with E-state index in [1.807, 2.05) is 6.07 Å². The van der Waals surface area contributed by atoms with Gasteiger partial charge in [0.2, 0.25) is 5.95 Å². The van der Waals surface area contributed by atoms with Crippen molar-refractivity contribution in [3.05, 3.63) is 36.2 Å². The molecule has 222 valence electrons. The van der Waals surface area contributed by atoms with Gasteiger partial charge in [0.15, 0.2) is 5.82 Å². The number of aromatic nitrogens is 4. The van der Waals surface area contributed by atoms with Gasteiger partial charge in [-0.2, -0.15) is 9.97 Å². The summed E-state index contributed by atoms with van der Waals surface area (Å²) >= 11 is 0. The lowest BCUT2D eigenvalue weighted by molar-refractivity contribution is -0.0614. The molecule has 6 rings (SSSR count). The van der Waals surface area contributed by atoms with Crippen LogP contribution in [0.25, 0.3) is 16.9 Å². The molecule has 10 nitrogen and oxygen atoms in total. The summed E-state index contributed by atoms with van der Waals surface area (Å²) in [6, 6.07) is 9.80. The number of para-hydroxylation sites is 2. The smallest absolute Gasteiger partial charge is 0.296 e. The molecule has 3 aromatic rings. The highest BCUT2D eigenvalue weighted by molar-refractivity contribution is 5.78. The highest BCUT2D eigenvalue weighted by Gasteiger charge is 2.32. The summed E-state index contributed by atoms with van der Waals surface area (Å²) in [5.41, 5.74) is 1.10. The van der Waals surface area contributed by atoms with Gasteiger partial charge in [0, 0.05) is 45.4 Å². The first kappa shape index (κ1) is 28.2. The Hall–Kier alpha value is -2.93. The van der Waals surface area contributed by atoms with Crippen LogP contribution in [0.15, 0.2) is 30.3 Å². The van der Waals surface area contributed by atoms with Crippen molar-refractivity contribution in [1.29, 1.82) is 0 Å². The van der Waals surface area contributed by atoms with Crippen LogP contribution >= 0.6 is 0 Å². The number of hydrogen-bond acceptors (Lipinski definition) is 9. The van der Waals surface area contributed by atoms with Gasteiger partial charge in [-0.05, 0) is 43.7 Å². The molecule has 0 bridgehead atoms. The second-order valence-electron chi connectivity index (χ2n) is 11.1. The van der Waals surface area contributed by atoms with Crippen molar-refractivity contribution in [2.75, 3.05) is 76.5 Å². The van der Waals surface area contributed by atoms with Crippen molar-refractivity contribution < 1.29 is 23.0 Å². The van der Waals surface area contributed by atoms with Crippen molar-refractivity contribution in [2.45, 2.75) is 44.2 Å². The van der Waals surface area contributed by atoms with E-state index in [0.717, 1.165) is 52.0 Å². The first-order chi connectivity index (χ1) is 20.1. The van der Waals surface area contributed by atoms with Gasteiger partial charge in [-0.25, -0.2) is 13.8 Å². The highest BCUT2D eigenvalue weighted by atomic mass is 19.3. The lowest BCUT2D eigenvalue weighted by Gasteiger charge is -2.43. The predicted octanol–water partition coefficient (Wildman–Crippen LogP) is 3.91. The summed E-state index contributed by atoms with van der Waals surface area (Å²) in [6.45, 7) is 6.43. The minimum absolute atomic E-state index is 0.320. The Morgan fingerprint density at radius 3 is 2.51 bits per heavy atom. The topological polar surface area (TPSA) is 89.8 Å². The third kappa shape index (κ3) is 6.30. The van der Waals surface area contributed by atoms with E-state index >= 15 is 0 Å². The minimum atomic E-state index is -2.74. The normalized spacial score (nSPS) is 24.3. The molecule has 0 unspecified atom stereocenters. The SMILES string of the molecule is COC[C@@H]1COCCN1[C@H]1CC[C@H](CNc2nc(N3CCOCC3)cc(-n3c(C(F)F)nc4ccccc43)n2)CC1. The molecule has 1 saturated carbocycles. The van der Waals surface area contributed by atoms with Crippen LogP contribution in [0.3, 0.4) is 0 Å². The zero-order valence-corrected chi connectivity index (χ0v) is 23.6. The van der Waals surface area contributed by atoms with E-state index in [0.29, 0.717) is 79.5 Å². The van der Waals surface area contributed by atoms with E-state index in [1.165, 1.54) is 4.57 Å². The molecule has 2 aliphatic heterocycles. The average molecular weight is 572 g/mol. The number of fused-ring (bicyclic) bond motifs is 1. The summed E-state index contributed by atoms with van der Waals surface area (Å²) in [6.07, 6.45) is 1.72. The van der Waals surface area contributed by atoms with Crippen LogP contribution in [0.1, 0.15) is 37.9 Å². The summed E-state index contributed by atoms with van der Waals surface area (Å²) in [5, 5.41) is 3.46. The molecule has 1 aromatic carbocycles. The Morgan fingerprint density at radius 1 is 0.976 bits per heavy atom. The number of morpholine rings is 2. The summed E-state index contributed by atoms with van der Waals surface area (Å²) < 4.78 is 46.4. The maximum absolute atomic E-state index is 14.1. The molecule has 1 atom stereocenters. The fourth-order valence-corrected chi connectivity index (χ4v) is 6.40. The summed E-state index contributed by atoms with van der Waals surface area (Å²) in [7, 11) is 1.75. The number of rotatable bonds is 9. The van der Waals surface area contributed by atoms with E-state index in [1.54, 1.807) is 31.4 Å². The Labute approximate surface area is 239 Å². The molecule has 0 amide bonds. The van der Waals surface area contributed by atoms with Gasteiger partial charge < -0.3 is 24.4 Å². The van der Waals surface area contributed by atoms with Gasteiger partial charge in [0.1, 0.15) is 11.6 Å². The van der Waals surface area contributed by atoms with Crippen molar-refractivity contribution in [3.8, 4) is 5.82 Å². The number of alkyl halides is 2. The molecule has 2 aromatic heterocycles. The molecule has 4 heterocycles. The molecular formula is C29H39F2N7O3. The fraction of sp³-hybridized carbons (Fsp3) is 0.621. The monoisotopic (exact) mass is 571 g/mol. The Bertz CT molecular complexity index is 1290. The van der Waals surface area contributed by atoms with Crippen LogP contribution in [0.2, 0.25) is 0 Å². The minimum Gasteiger partial charge on any atom is -0.383 e. The zero-order chi connectivity index (χ0) is 28.2. The second kappa shape index (κ2) is 12.9. The number of halogens is 2. The third-order valence-electron chi connectivity index (χ3n) is 8.51. The van der Waals surface area contributed by atoms with E-state index in [9.17, 15) is 8.78 Å². The number of ether oxygens (including phenoxy) is 3. The molecule has 41 heavy (non-hydrogen) atoms. The second-order valence-corrected chi connectivity index (χ2v) is 11.1. The first-order valence-electron chi connectivity index (χ1n) is 14.6. The molecule has 2 saturated heterocycles. The summed E-state index contributed by atoms with van der Waals surface area (Å²) in [5.74, 6) is 1.68. The van der Waals surface area contributed by atoms with Crippen molar-refractivity contribution in [2.24, 2.45) is 5.92 Å². The highest BCUT2D eigenvalue weighted by Crippen LogP contribution is 2.31. The van der Waals surface area contributed by atoms with Crippen LogP contribution in [-0.2, 0) is 14.2 Å². The molecule has 0 spiro atoms. The molecular weight excluding hydrogens is 532 g/mol. The number of methoxy groups -OCH3 is 1. The number of nitrogens with one attached hydrogen (secondary N) is 1. The standard InChI is InChI=1S/C29H39F2N7O3/c1-39-18-22-19-41-15-12-37(22)21-8-6-20(7-9-21)17-32-29-34-25(36-10-13-40-14-11-36)16-26(35-29)38-24-5-3-2-4-23(24)33-28(38)27(30)31/h2-5,16,20-22,27H,6-15,17-19H2,1H3,(H,32,34,35)/t20-,21-,22-/m1/s1. The Balaban J connectivity index is 1.20. The number of nitrogens with zero attached hydrogens (tertiary/aromatic N) is 6. The Morgan fingerprint density at radius 2 is 1.73 bits per heavy atom. The summed E-state index contributed by atoms with van der Waals surface area (Å²) in [4.78, 5) is 18.5. The largest absolute Gasteiger partial charge is 0.383 e. The van der Waals surface area contributed by atoms with E-state index < -0.39 is 6.43 Å². The lowest BCUT2D eigenvalue weighted by atomic mass is 9.84. The first-order valence-corrected chi connectivity index (χ1v) is 14.6. The van der Waals surface area contributed by atoms with Crippen molar-refractivity contribution in [1.82, 2.24) is 24.4 Å². The van der Waals surface area contributed by atoms with E-state index in [2.05, 4.69) is 20.1 Å². The molecule has 12 heteroatoms. The number of hydrogen-bond donors (Lipinski definition) is 1. The third-order valence-corrected chi connectivity index (χ3v) is 8.51. The van der Waals surface area contributed by atoms with Crippen LogP contribution < -0.4 is 10.2 Å². The predicted molar refractivity (Wildman–Crippen MR) is 152 cm³/mol. The van der Waals surface area contributed by atoms with Crippen LogP contribution in [0.5, 0.6) is 0 Å². The fourth-order valence-electron chi connectivity index (χ4n) is 6.40. The molecule has 3 fully saturated rings. The molecule has 3 aliphatic rings. The zero-order valence-electron chi connectivity index (χ0n) is 23.6. The lowest BCUT2D eigenvalue weighted by Crippen LogP contribution is -2.53. The Kier molecular flexibility index (Phi) is 8.90. The average Bonchev–Trinajstić information content (AvgIpc) is 3.41. The van der Waals surface area contributed by atoms with Crippen molar-refractivity contribution >= 4 is 22.8 Å². The van der Waals surface area contributed by atoms with Gasteiger partial charge in [-0.15, -0.1) is 0 Å². The van der Waals surface area contributed by atoms with Gasteiger partial charge in [0.25, 0.3) is 6.43 Å². The van der Waals surface area contributed by atoms with Gasteiger partial charge in [-0.1, -0.05) is 12.1 Å². The quantitative estimate of drug-likeness (QED) is 0.411. The van der Waals surface area contributed by atoms with Gasteiger partial charge >= 0.3 is 0 Å². The van der Waals surface area contributed by atoms with Crippen LogP contribution in [0, 0.1) is 5.92 Å². The number of imidazole rings is 1. The maximum atomic E-state index is 14.1. The number of anilines is 2. The van der Waals surface area contributed by atoms with Crippen LogP contribution in [0.4, 0.5) is 20.5 Å². The van der Waals surface area contributed by atoms with E-state index in [4.69, 9.17) is 24.2 Å². The number of benzene rings is 1. The van der Waals surface area contributed by atoms with Crippen LogP contribution in [-0.4, -0.2) is 103 Å². The molecule has 0 radical (unpaired) electrons. The maximum Gasteiger partial charge on any atom is 0.296 e.